The fourth-order valence-electron chi connectivity index (χ4n) is 9.61. The Balaban J connectivity index is 5.52. The van der Waals surface area contributed by atoms with Crippen LogP contribution in [0.15, 0.2) is 194 Å². The average Bonchev–Trinajstić information content (AvgIpc) is 0.909. The van der Waals surface area contributed by atoms with Gasteiger partial charge in [-0.15, -0.1) is 0 Å². The van der Waals surface area contributed by atoms with E-state index in [4.69, 9.17) is 37.0 Å². The number of hydrogen-bond acceptors (Lipinski definition) is 15. The third-order valence-electron chi connectivity index (χ3n) is 15.5. The van der Waals surface area contributed by atoms with Crippen molar-refractivity contribution < 1.29 is 80.2 Å². The summed E-state index contributed by atoms with van der Waals surface area (Å²) in [7, 11) is -10.0. The molecule has 0 saturated carbocycles. The topological polar surface area (TPSA) is 237 Å². The Morgan fingerprint density at radius 1 is 0.274 bits per heavy atom. The highest BCUT2D eigenvalue weighted by atomic mass is 31.2. The van der Waals surface area contributed by atoms with E-state index in [0.717, 1.165) is 161 Å². The van der Waals surface area contributed by atoms with E-state index in [9.17, 15) is 43.2 Å². The molecule has 0 fully saturated rings. The molecular weight excluding hydrogens is 1380 g/mol. The zero-order chi connectivity index (χ0) is 77.4. The highest BCUT2D eigenvalue weighted by Crippen LogP contribution is 2.45. The van der Waals surface area contributed by atoms with Gasteiger partial charge in [0.05, 0.1) is 26.4 Å². The van der Waals surface area contributed by atoms with E-state index in [-0.39, 0.29) is 25.7 Å². The van der Waals surface area contributed by atoms with Gasteiger partial charge in [-0.25, -0.2) is 9.13 Å². The summed E-state index contributed by atoms with van der Waals surface area (Å²) >= 11 is 0. The van der Waals surface area contributed by atoms with Crippen molar-refractivity contribution in [3.8, 4) is 0 Å². The first-order valence-electron chi connectivity index (χ1n) is 39.7. The Hall–Kier alpha value is -6.10. The van der Waals surface area contributed by atoms with Crippen molar-refractivity contribution in [2.75, 3.05) is 39.6 Å². The molecular formula is C87H138O17P2. The van der Waals surface area contributed by atoms with Crippen LogP contribution in [0.5, 0.6) is 0 Å². The lowest BCUT2D eigenvalue weighted by Gasteiger charge is -2.21. The van der Waals surface area contributed by atoms with Crippen LogP contribution in [0.2, 0.25) is 0 Å². The van der Waals surface area contributed by atoms with Crippen molar-refractivity contribution in [2.45, 2.75) is 290 Å². The molecule has 0 radical (unpaired) electrons. The first-order chi connectivity index (χ1) is 51.7. The molecule has 0 aliphatic carbocycles. The molecule has 3 N–H and O–H groups in total. The SMILES string of the molecule is CC/C=C\C/C=C\C/C=C\C/C=C\C/C=C\C/C=C\CCC(=O)OCC(COP(=O)(O)OCC(O)COP(=O)(O)OCC(COC(=O)CCCCCC/C=C\C/C=C\C/C=C\C/C=C\CC)OC(=O)CCCCCCC/C=C\C/C=C\CCCCC)OC(=O)CCCC/C=C\C/C=C\C/C=C\C/C=C\CC. The van der Waals surface area contributed by atoms with Gasteiger partial charge in [0.1, 0.15) is 19.3 Å². The fraction of sp³-hybridized carbons (Fsp3) is 0.586. The monoisotopic (exact) mass is 1520 g/mol. The van der Waals surface area contributed by atoms with Crippen LogP contribution in [-0.2, 0) is 65.4 Å². The van der Waals surface area contributed by atoms with Gasteiger partial charge in [0.2, 0.25) is 0 Å². The van der Waals surface area contributed by atoms with Gasteiger partial charge in [-0.05, 0) is 173 Å². The number of aliphatic hydroxyl groups excluding tert-OH is 1. The molecule has 0 rings (SSSR count). The highest BCUT2D eigenvalue weighted by molar-refractivity contribution is 7.47. The second-order valence-corrected chi connectivity index (χ2v) is 28.4. The molecule has 598 valence electrons. The van der Waals surface area contributed by atoms with Crippen LogP contribution in [0.3, 0.4) is 0 Å². The van der Waals surface area contributed by atoms with Crippen LogP contribution in [-0.4, -0.2) is 96.7 Å². The highest BCUT2D eigenvalue weighted by Gasteiger charge is 2.30. The molecule has 0 amide bonds. The van der Waals surface area contributed by atoms with E-state index in [2.05, 4.69) is 198 Å². The van der Waals surface area contributed by atoms with Gasteiger partial charge in [0.15, 0.2) is 12.2 Å². The minimum absolute atomic E-state index is 0.0180. The second kappa shape index (κ2) is 77.1. The van der Waals surface area contributed by atoms with Crippen LogP contribution in [0, 0.1) is 0 Å². The average molecular weight is 1520 g/mol. The summed E-state index contributed by atoms with van der Waals surface area (Å²) in [6.07, 6.45) is 94.3. The number of esters is 4. The third kappa shape index (κ3) is 76.1. The van der Waals surface area contributed by atoms with Gasteiger partial charge in [-0.2, -0.15) is 0 Å². The smallest absolute Gasteiger partial charge is 0.462 e. The zero-order valence-electron chi connectivity index (χ0n) is 65.3. The summed E-state index contributed by atoms with van der Waals surface area (Å²) in [4.78, 5) is 73.0. The number of aliphatic hydroxyl groups is 1. The largest absolute Gasteiger partial charge is 0.472 e. The molecule has 0 bridgehead atoms. The first-order valence-corrected chi connectivity index (χ1v) is 42.7. The van der Waals surface area contributed by atoms with Gasteiger partial charge in [0.25, 0.3) is 0 Å². The molecule has 0 saturated heterocycles. The summed E-state index contributed by atoms with van der Waals surface area (Å²) in [5, 5.41) is 10.6. The van der Waals surface area contributed by atoms with E-state index in [1.165, 1.54) is 19.3 Å². The van der Waals surface area contributed by atoms with E-state index in [1.54, 1.807) is 0 Å². The zero-order valence-corrected chi connectivity index (χ0v) is 67.1. The molecule has 0 heterocycles. The number of rotatable bonds is 72. The van der Waals surface area contributed by atoms with E-state index < -0.39 is 97.5 Å². The molecule has 0 aromatic carbocycles. The van der Waals surface area contributed by atoms with E-state index in [1.807, 2.05) is 24.3 Å². The summed E-state index contributed by atoms with van der Waals surface area (Å²) < 4.78 is 68.4. The number of unbranched alkanes of at least 4 members (excludes halogenated alkanes) is 14. The van der Waals surface area contributed by atoms with Crippen molar-refractivity contribution in [1.82, 2.24) is 0 Å². The summed E-state index contributed by atoms with van der Waals surface area (Å²) in [6, 6.07) is 0. The van der Waals surface area contributed by atoms with Crippen LogP contribution in [0.1, 0.15) is 272 Å². The Morgan fingerprint density at radius 2 is 0.509 bits per heavy atom. The number of hydrogen-bond donors (Lipinski definition) is 3. The maximum Gasteiger partial charge on any atom is 0.472 e. The number of ether oxygens (including phenoxy) is 4. The predicted molar refractivity (Wildman–Crippen MR) is 436 cm³/mol. The lowest BCUT2D eigenvalue weighted by atomic mass is 10.1. The van der Waals surface area contributed by atoms with Crippen molar-refractivity contribution in [3.63, 3.8) is 0 Å². The molecule has 0 aliphatic heterocycles. The number of allylic oxidation sites excluding steroid dienone is 32. The van der Waals surface area contributed by atoms with Gasteiger partial charge in [-0.1, -0.05) is 267 Å². The Bertz CT molecular complexity index is 2780. The number of phosphoric acid groups is 2. The summed E-state index contributed by atoms with van der Waals surface area (Å²) in [5.74, 6) is -2.38. The molecule has 0 aliphatic rings. The maximum atomic E-state index is 13.1. The molecule has 0 spiro atoms. The first kappa shape index (κ1) is 99.9. The van der Waals surface area contributed by atoms with Gasteiger partial charge < -0.3 is 33.8 Å². The van der Waals surface area contributed by atoms with Crippen LogP contribution in [0.25, 0.3) is 0 Å². The van der Waals surface area contributed by atoms with Crippen molar-refractivity contribution in [1.29, 1.82) is 0 Å². The molecule has 5 atom stereocenters. The minimum atomic E-state index is -5.02. The Morgan fingerprint density at radius 3 is 0.830 bits per heavy atom. The minimum Gasteiger partial charge on any atom is -0.462 e. The molecule has 0 aromatic heterocycles. The van der Waals surface area contributed by atoms with E-state index >= 15 is 0 Å². The van der Waals surface area contributed by atoms with Gasteiger partial charge >= 0.3 is 39.5 Å². The third-order valence-corrected chi connectivity index (χ3v) is 17.4. The lowest BCUT2D eigenvalue weighted by molar-refractivity contribution is -0.161. The normalized spacial score (nSPS) is 14.9. The molecule has 17 nitrogen and oxygen atoms in total. The number of carbonyl (C=O) groups is 4. The molecule has 19 heteroatoms. The predicted octanol–water partition coefficient (Wildman–Crippen LogP) is 23.3. The molecule has 5 unspecified atom stereocenters. The molecule has 106 heavy (non-hydrogen) atoms. The molecule has 0 aromatic rings. The number of carbonyl (C=O) groups excluding carboxylic acids is 4. The van der Waals surface area contributed by atoms with Crippen molar-refractivity contribution >= 4 is 39.5 Å². The standard InChI is InChI=1S/C87H138O17P2/c1-5-9-13-17-21-25-29-33-37-39-40-42-46-48-52-56-60-64-68-72-85(90)98-78-83(104-87(92)74-70-66-62-58-54-50-44-36-32-28-24-20-16-12-8-4)80-102-106(95,96)100-76-81(88)75-99-105(93,94)101-79-82(103-86(91)73-69-65-61-57-53-49-43-35-31-27-23-19-15-11-7-3)77-97-84(89)71-67-63-59-55-51-47-45-41-38-34-30-26-22-18-14-10-6-2/h9-10,12-14,16,21-28,33-38,40,42-45,47-48,52,54,58,60,64,81-83,88H,5-8,11,15,17-20,29-32,39,41,46,49-51,53,55-57,59,61-63,65-80H2,1-4H3,(H,93,94)(H,95,96)/b13-9-,14-10-,16-12-,25-21-,26-22-,27-23-,28-24-,37-33-,38-34-,42-40-,43-35-,44-36-,47-45-,52-48-,58-54-,64-60-. The second-order valence-electron chi connectivity index (χ2n) is 25.5. The van der Waals surface area contributed by atoms with Crippen molar-refractivity contribution in [2.24, 2.45) is 0 Å². The van der Waals surface area contributed by atoms with Crippen LogP contribution in [0.4, 0.5) is 0 Å². The van der Waals surface area contributed by atoms with E-state index in [0.29, 0.717) is 38.5 Å². The fourth-order valence-corrected chi connectivity index (χ4v) is 11.2. The van der Waals surface area contributed by atoms with Crippen LogP contribution < -0.4 is 0 Å². The Labute approximate surface area is 640 Å². The quantitative estimate of drug-likeness (QED) is 0.0169. The summed E-state index contributed by atoms with van der Waals surface area (Å²) in [6.45, 7) is 4.29. The maximum absolute atomic E-state index is 13.1. The lowest BCUT2D eigenvalue weighted by Crippen LogP contribution is -2.30. The van der Waals surface area contributed by atoms with Crippen LogP contribution >= 0.6 is 15.6 Å². The van der Waals surface area contributed by atoms with Gasteiger partial charge in [-0.3, -0.25) is 37.3 Å². The Kier molecular flexibility index (Phi) is 72.6. The summed E-state index contributed by atoms with van der Waals surface area (Å²) in [5.41, 5.74) is 0. The van der Waals surface area contributed by atoms with Crippen molar-refractivity contribution in [3.05, 3.63) is 194 Å². The van der Waals surface area contributed by atoms with Gasteiger partial charge in [0, 0.05) is 25.7 Å². The number of phosphoric ester groups is 2.